The van der Waals surface area contributed by atoms with Crippen LogP contribution in [-0.2, 0) is 16.1 Å². The molecule has 0 atom stereocenters. The van der Waals surface area contributed by atoms with Crippen LogP contribution in [-0.4, -0.2) is 61.4 Å². The largest absolute Gasteiger partial charge is 0.388 e. The number of halogens is 2. The first-order chi connectivity index (χ1) is 17.0. The predicted octanol–water partition coefficient (Wildman–Crippen LogP) is 3.64. The highest BCUT2D eigenvalue weighted by Gasteiger charge is 2.20. The van der Waals surface area contributed by atoms with Crippen LogP contribution in [0.15, 0.2) is 47.9 Å². The SMILES string of the molecule is CN=C/C(=C\NC1CC1)c1c(F)cncc1/C=C/C(=O)Nc1ccc(CN2CCOCC2)cc1F. The molecule has 1 aliphatic carbocycles. The predicted molar refractivity (Wildman–Crippen MR) is 133 cm³/mol. The Labute approximate surface area is 203 Å². The Hall–Kier alpha value is -3.43. The first-order valence-electron chi connectivity index (χ1n) is 11.6. The van der Waals surface area contributed by atoms with Crippen LogP contribution in [0.25, 0.3) is 11.6 Å². The zero-order valence-corrected chi connectivity index (χ0v) is 19.6. The number of hydrogen-bond donors (Lipinski definition) is 2. The second-order valence-electron chi connectivity index (χ2n) is 8.54. The highest BCUT2D eigenvalue weighted by Crippen LogP contribution is 2.24. The van der Waals surface area contributed by atoms with Gasteiger partial charge in [-0.25, -0.2) is 8.78 Å². The van der Waals surface area contributed by atoms with Crippen LogP contribution < -0.4 is 10.6 Å². The molecule has 35 heavy (non-hydrogen) atoms. The average molecular weight is 482 g/mol. The third-order valence-corrected chi connectivity index (χ3v) is 5.75. The minimum absolute atomic E-state index is 0.0790. The minimum atomic E-state index is -0.536. The van der Waals surface area contributed by atoms with Crippen LogP contribution in [0.4, 0.5) is 14.5 Å². The van der Waals surface area contributed by atoms with E-state index in [-0.39, 0.29) is 11.3 Å². The molecule has 0 unspecified atom stereocenters. The number of carbonyl (C=O) groups is 1. The maximum atomic E-state index is 14.7. The number of ether oxygens (including phenoxy) is 1. The normalized spacial score (nSPS) is 17.3. The number of aliphatic imine (C=N–C) groups is 1. The maximum Gasteiger partial charge on any atom is 0.248 e. The first-order valence-corrected chi connectivity index (χ1v) is 11.6. The molecule has 7 nitrogen and oxygen atoms in total. The number of pyridine rings is 1. The van der Waals surface area contributed by atoms with Crippen LogP contribution in [0.2, 0.25) is 0 Å². The number of amides is 1. The van der Waals surface area contributed by atoms with E-state index in [0.717, 1.165) is 37.7 Å². The molecule has 1 amide bonds. The average Bonchev–Trinajstić information content (AvgIpc) is 3.68. The van der Waals surface area contributed by atoms with Crippen LogP contribution in [0.5, 0.6) is 0 Å². The molecular formula is C26H29F2N5O2. The Kier molecular flexibility index (Phi) is 8.33. The number of anilines is 1. The molecule has 0 bridgehead atoms. The van der Waals surface area contributed by atoms with Crippen molar-refractivity contribution in [3.05, 3.63) is 71.2 Å². The number of carbonyl (C=O) groups excluding carboxylic acids is 1. The molecule has 2 N–H and O–H groups in total. The minimum Gasteiger partial charge on any atom is -0.388 e. The van der Waals surface area contributed by atoms with Gasteiger partial charge >= 0.3 is 0 Å². The standard InChI is InChI=1S/C26H29F2N5O2/c1-29-13-20(15-31-21-4-5-21)26-19(14-30-16-23(26)28)3-7-25(34)32-24-6-2-18(12-22(24)27)17-33-8-10-35-11-9-33/h2-3,6-7,12-16,21,31H,4-5,8-11,17H2,1H3,(H,32,34)/b7-3+,20-15+,29-13?. The molecule has 1 saturated heterocycles. The fourth-order valence-corrected chi connectivity index (χ4v) is 3.77. The van der Waals surface area contributed by atoms with Crippen molar-refractivity contribution >= 4 is 29.5 Å². The summed E-state index contributed by atoms with van der Waals surface area (Å²) in [6.07, 6.45) is 10.7. The molecule has 0 radical (unpaired) electrons. The molecule has 9 heteroatoms. The Morgan fingerprint density at radius 2 is 2.03 bits per heavy atom. The quantitative estimate of drug-likeness (QED) is 0.422. The van der Waals surface area contributed by atoms with Gasteiger partial charge in [-0.15, -0.1) is 0 Å². The van der Waals surface area contributed by atoms with Crippen LogP contribution >= 0.6 is 0 Å². The lowest BCUT2D eigenvalue weighted by molar-refractivity contribution is -0.111. The summed E-state index contributed by atoms with van der Waals surface area (Å²) in [5.41, 5.74) is 2.13. The summed E-state index contributed by atoms with van der Waals surface area (Å²) in [6, 6.07) is 5.16. The van der Waals surface area contributed by atoms with Crippen molar-refractivity contribution in [2.24, 2.45) is 4.99 Å². The molecule has 1 aromatic carbocycles. The summed E-state index contributed by atoms with van der Waals surface area (Å²) in [5.74, 6) is -1.58. The molecule has 2 heterocycles. The van der Waals surface area contributed by atoms with E-state index in [1.54, 1.807) is 31.6 Å². The lowest BCUT2D eigenvalue weighted by Crippen LogP contribution is -2.35. The van der Waals surface area contributed by atoms with Crippen molar-refractivity contribution in [3.8, 4) is 0 Å². The van der Waals surface area contributed by atoms with Crippen molar-refractivity contribution in [1.29, 1.82) is 0 Å². The van der Waals surface area contributed by atoms with Crippen LogP contribution in [0, 0.1) is 11.6 Å². The van der Waals surface area contributed by atoms with Gasteiger partial charge in [-0.3, -0.25) is 19.7 Å². The number of morpholine rings is 1. The molecule has 4 rings (SSSR count). The van der Waals surface area contributed by atoms with Gasteiger partial charge in [0.25, 0.3) is 0 Å². The van der Waals surface area contributed by atoms with Crippen molar-refractivity contribution in [2.75, 3.05) is 38.7 Å². The molecule has 0 spiro atoms. The van der Waals surface area contributed by atoms with Crippen molar-refractivity contribution in [2.45, 2.75) is 25.4 Å². The molecule has 2 aliphatic rings. The fourth-order valence-electron chi connectivity index (χ4n) is 3.77. The van der Waals surface area contributed by atoms with Crippen LogP contribution in [0.1, 0.15) is 29.5 Å². The van der Waals surface area contributed by atoms with Gasteiger partial charge in [0.15, 0.2) is 0 Å². The zero-order valence-electron chi connectivity index (χ0n) is 19.6. The van der Waals surface area contributed by atoms with E-state index in [1.165, 1.54) is 24.4 Å². The first kappa shape index (κ1) is 24.7. The Morgan fingerprint density at radius 1 is 1.23 bits per heavy atom. The number of benzene rings is 1. The third kappa shape index (κ3) is 7.03. The molecule has 2 aromatic rings. The Balaban J connectivity index is 1.45. The highest BCUT2D eigenvalue weighted by atomic mass is 19.1. The molecular weight excluding hydrogens is 452 g/mol. The second-order valence-corrected chi connectivity index (χ2v) is 8.54. The summed E-state index contributed by atoms with van der Waals surface area (Å²) in [6.45, 7) is 3.57. The van der Waals surface area contributed by atoms with E-state index < -0.39 is 17.5 Å². The fraction of sp³-hybridized carbons (Fsp3) is 0.346. The smallest absolute Gasteiger partial charge is 0.248 e. The van der Waals surface area contributed by atoms with Gasteiger partial charge in [0, 0.05) is 74.1 Å². The highest BCUT2D eigenvalue weighted by molar-refractivity contribution is 6.11. The monoisotopic (exact) mass is 481 g/mol. The van der Waals surface area contributed by atoms with E-state index in [4.69, 9.17) is 4.74 Å². The van der Waals surface area contributed by atoms with Gasteiger partial charge in [0.2, 0.25) is 5.91 Å². The second kappa shape index (κ2) is 11.8. The lowest BCUT2D eigenvalue weighted by atomic mass is 10.0. The third-order valence-electron chi connectivity index (χ3n) is 5.75. The summed E-state index contributed by atoms with van der Waals surface area (Å²) in [7, 11) is 1.60. The zero-order chi connectivity index (χ0) is 24.6. The van der Waals surface area contributed by atoms with E-state index in [1.807, 2.05) is 0 Å². The van der Waals surface area contributed by atoms with E-state index in [2.05, 4.69) is 25.5 Å². The maximum absolute atomic E-state index is 14.7. The number of nitrogens with one attached hydrogen (secondary N) is 2. The summed E-state index contributed by atoms with van der Waals surface area (Å²) < 4.78 is 34.7. The lowest BCUT2D eigenvalue weighted by Gasteiger charge is -2.26. The Morgan fingerprint density at radius 3 is 2.74 bits per heavy atom. The van der Waals surface area contributed by atoms with E-state index in [9.17, 15) is 13.6 Å². The molecule has 2 fully saturated rings. The Bertz CT molecular complexity index is 1140. The molecule has 1 saturated carbocycles. The van der Waals surface area contributed by atoms with Crippen molar-refractivity contribution in [1.82, 2.24) is 15.2 Å². The number of nitrogens with zero attached hydrogens (tertiary/aromatic N) is 3. The van der Waals surface area contributed by atoms with Gasteiger partial charge in [0.1, 0.15) is 11.6 Å². The number of rotatable bonds is 9. The number of hydrogen-bond acceptors (Lipinski definition) is 6. The van der Waals surface area contributed by atoms with E-state index >= 15 is 0 Å². The summed E-state index contributed by atoms with van der Waals surface area (Å²) >= 11 is 0. The molecule has 1 aromatic heterocycles. The summed E-state index contributed by atoms with van der Waals surface area (Å²) in [5, 5.41) is 5.78. The van der Waals surface area contributed by atoms with Crippen molar-refractivity contribution in [3.63, 3.8) is 0 Å². The van der Waals surface area contributed by atoms with Gasteiger partial charge in [-0.05, 0) is 36.6 Å². The van der Waals surface area contributed by atoms with Crippen LogP contribution in [0.3, 0.4) is 0 Å². The topological polar surface area (TPSA) is 78.8 Å². The van der Waals surface area contributed by atoms with Gasteiger partial charge in [0.05, 0.1) is 25.1 Å². The molecule has 184 valence electrons. The number of allylic oxidation sites excluding steroid dienone is 1. The molecule has 1 aliphatic heterocycles. The van der Waals surface area contributed by atoms with Crippen molar-refractivity contribution < 1.29 is 18.3 Å². The number of aromatic nitrogens is 1. The van der Waals surface area contributed by atoms with Gasteiger partial charge in [-0.1, -0.05) is 6.07 Å². The summed E-state index contributed by atoms with van der Waals surface area (Å²) in [4.78, 5) is 22.6. The van der Waals surface area contributed by atoms with Gasteiger partial charge in [-0.2, -0.15) is 0 Å². The van der Waals surface area contributed by atoms with Gasteiger partial charge < -0.3 is 15.4 Å². The van der Waals surface area contributed by atoms with E-state index in [0.29, 0.717) is 36.9 Å².